The number of nitrogens with two attached hydrogens (primary N) is 1. The van der Waals surface area contributed by atoms with E-state index in [1.54, 1.807) is 6.07 Å². The second kappa shape index (κ2) is 5.23. The highest BCUT2D eigenvalue weighted by atomic mass is 35.5. The molecule has 5 heteroatoms. The zero-order valence-corrected chi connectivity index (χ0v) is 12.6. The molecule has 1 saturated carbocycles. The lowest BCUT2D eigenvalue weighted by atomic mass is 10.1. The summed E-state index contributed by atoms with van der Waals surface area (Å²) < 4.78 is 0. The molecule has 0 radical (unpaired) electrons. The van der Waals surface area contributed by atoms with Gasteiger partial charge in [-0.3, -0.25) is 0 Å². The van der Waals surface area contributed by atoms with Gasteiger partial charge in [-0.1, -0.05) is 42.3 Å². The number of halogens is 2. The van der Waals surface area contributed by atoms with Gasteiger partial charge in [0.15, 0.2) is 0 Å². The maximum absolute atomic E-state index is 6.24. The molecule has 1 aromatic heterocycles. The van der Waals surface area contributed by atoms with Crippen LogP contribution in [0.3, 0.4) is 0 Å². The summed E-state index contributed by atoms with van der Waals surface area (Å²) >= 11 is 12.3. The average molecular weight is 308 g/mol. The number of aromatic nitrogens is 2. The molecule has 2 atom stereocenters. The molecule has 2 N–H and O–H groups in total. The molecule has 3 nitrogen and oxygen atoms in total. The molecule has 0 aliphatic heterocycles. The van der Waals surface area contributed by atoms with E-state index in [0.29, 0.717) is 16.0 Å². The first-order chi connectivity index (χ1) is 9.54. The smallest absolute Gasteiger partial charge is 0.220 e. The number of hydrogen-bond donors (Lipinski definition) is 1. The monoisotopic (exact) mass is 307 g/mol. The van der Waals surface area contributed by atoms with Crippen molar-refractivity contribution in [2.45, 2.75) is 19.8 Å². The molecule has 3 rings (SSSR count). The number of nitrogens with zero attached hydrogens (tertiary/aromatic N) is 2. The lowest BCUT2D eigenvalue weighted by Crippen LogP contribution is -2.02. The van der Waals surface area contributed by atoms with Crippen molar-refractivity contribution in [1.29, 1.82) is 0 Å². The number of benzene rings is 1. The van der Waals surface area contributed by atoms with Crippen LogP contribution in [0, 0.1) is 11.8 Å². The highest BCUT2D eigenvalue weighted by Crippen LogP contribution is 2.40. The molecule has 1 heterocycles. The maximum atomic E-state index is 6.24. The first-order valence-corrected chi connectivity index (χ1v) is 7.38. The van der Waals surface area contributed by atoms with Crippen molar-refractivity contribution in [2.24, 2.45) is 11.8 Å². The first kappa shape index (κ1) is 13.7. The Bertz CT molecular complexity index is 658. The minimum Gasteiger partial charge on any atom is -0.368 e. The van der Waals surface area contributed by atoms with Crippen LogP contribution in [-0.4, -0.2) is 9.97 Å². The van der Waals surface area contributed by atoms with Crippen molar-refractivity contribution in [2.75, 3.05) is 5.73 Å². The molecule has 0 bridgehead atoms. The Hall–Kier alpha value is -1.32. The lowest BCUT2D eigenvalue weighted by Gasteiger charge is -2.08. The standard InChI is InChI=1S/C15H15Cl2N3/c1-8-5-9(8)6-10-7-13(20-15(18)19-10)11-3-2-4-12(16)14(11)17/h2-4,7-9H,5-6H2,1H3,(H2,18,19,20). The summed E-state index contributed by atoms with van der Waals surface area (Å²) in [6, 6.07) is 7.45. The third-order valence-electron chi connectivity index (χ3n) is 3.77. The molecule has 0 amide bonds. The van der Waals surface area contributed by atoms with E-state index in [4.69, 9.17) is 28.9 Å². The van der Waals surface area contributed by atoms with E-state index < -0.39 is 0 Å². The molecule has 2 unspecified atom stereocenters. The van der Waals surface area contributed by atoms with Crippen molar-refractivity contribution in [3.63, 3.8) is 0 Å². The van der Waals surface area contributed by atoms with Crippen molar-refractivity contribution in [3.05, 3.63) is 40.0 Å². The zero-order chi connectivity index (χ0) is 14.3. The van der Waals surface area contributed by atoms with Gasteiger partial charge in [0.1, 0.15) is 0 Å². The Morgan fingerprint density at radius 3 is 2.75 bits per heavy atom. The number of rotatable bonds is 3. The Labute approximate surface area is 128 Å². The molecule has 20 heavy (non-hydrogen) atoms. The highest BCUT2D eigenvalue weighted by molar-refractivity contribution is 6.43. The molecule has 1 aliphatic carbocycles. The van der Waals surface area contributed by atoms with E-state index in [0.717, 1.165) is 29.3 Å². The van der Waals surface area contributed by atoms with Gasteiger partial charge in [-0.15, -0.1) is 0 Å². The normalized spacial score (nSPS) is 20.9. The molecular weight excluding hydrogens is 293 g/mol. The van der Waals surface area contributed by atoms with Crippen LogP contribution in [0.25, 0.3) is 11.3 Å². The fraction of sp³-hybridized carbons (Fsp3) is 0.333. The molecule has 1 fully saturated rings. The van der Waals surface area contributed by atoms with Gasteiger partial charge in [-0.05, 0) is 36.8 Å². The first-order valence-electron chi connectivity index (χ1n) is 6.62. The van der Waals surface area contributed by atoms with Crippen LogP contribution < -0.4 is 5.73 Å². The van der Waals surface area contributed by atoms with Gasteiger partial charge in [0.05, 0.1) is 15.7 Å². The van der Waals surface area contributed by atoms with Crippen molar-refractivity contribution < 1.29 is 0 Å². The predicted molar refractivity (Wildman–Crippen MR) is 82.9 cm³/mol. The number of nitrogen functional groups attached to an aromatic ring is 1. The minimum absolute atomic E-state index is 0.279. The molecule has 0 saturated heterocycles. The van der Waals surface area contributed by atoms with Gasteiger partial charge in [-0.2, -0.15) is 0 Å². The van der Waals surface area contributed by atoms with Crippen LogP contribution in [0.5, 0.6) is 0 Å². The van der Waals surface area contributed by atoms with Crippen LogP contribution in [-0.2, 0) is 6.42 Å². The summed E-state index contributed by atoms with van der Waals surface area (Å²) in [5.41, 5.74) is 8.31. The van der Waals surface area contributed by atoms with Gasteiger partial charge < -0.3 is 5.73 Å². The minimum atomic E-state index is 0.279. The lowest BCUT2D eigenvalue weighted by molar-refractivity contribution is 0.730. The highest BCUT2D eigenvalue weighted by Gasteiger charge is 2.32. The summed E-state index contributed by atoms with van der Waals surface area (Å²) in [4.78, 5) is 8.59. The van der Waals surface area contributed by atoms with Gasteiger partial charge >= 0.3 is 0 Å². The molecule has 1 aliphatic rings. The third kappa shape index (κ3) is 2.74. The third-order valence-corrected chi connectivity index (χ3v) is 4.59. The Kier molecular flexibility index (Phi) is 3.57. The van der Waals surface area contributed by atoms with Gasteiger partial charge in [0.25, 0.3) is 0 Å². The zero-order valence-electron chi connectivity index (χ0n) is 11.1. The second-order valence-electron chi connectivity index (χ2n) is 5.38. The largest absolute Gasteiger partial charge is 0.368 e. The molecule has 0 spiro atoms. The van der Waals surface area contributed by atoms with Crippen LogP contribution in [0.2, 0.25) is 10.0 Å². The topological polar surface area (TPSA) is 51.8 Å². The average Bonchev–Trinajstić information content (AvgIpc) is 3.07. The van der Waals surface area contributed by atoms with E-state index in [1.807, 2.05) is 18.2 Å². The quantitative estimate of drug-likeness (QED) is 0.923. The van der Waals surface area contributed by atoms with E-state index >= 15 is 0 Å². The molecule has 1 aromatic carbocycles. The Morgan fingerprint density at radius 2 is 2.05 bits per heavy atom. The molecule has 104 valence electrons. The van der Waals surface area contributed by atoms with Crippen molar-refractivity contribution in [1.82, 2.24) is 9.97 Å². The fourth-order valence-corrected chi connectivity index (χ4v) is 2.81. The summed E-state index contributed by atoms with van der Waals surface area (Å²) in [5.74, 6) is 1.78. The van der Waals surface area contributed by atoms with Gasteiger partial charge in [0.2, 0.25) is 5.95 Å². The van der Waals surface area contributed by atoms with E-state index in [9.17, 15) is 0 Å². The van der Waals surface area contributed by atoms with E-state index in [1.165, 1.54) is 6.42 Å². The summed E-state index contributed by atoms with van der Waals surface area (Å²) in [7, 11) is 0. The van der Waals surface area contributed by atoms with Crippen LogP contribution in [0.4, 0.5) is 5.95 Å². The van der Waals surface area contributed by atoms with E-state index in [-0.39, 0.29) is 5.95 Å². The van der Waals surface area contributed by atoms with Gasteiger partial charge in [-0.25, -0.2) is 9.97 Å². The maximum Gasteiger partial charge on any atom is 0.220 e. The van der Waals surface area contributed by atoms with Crippen LogP contribution in [0.15, 0.2) is 24.3 Å². The predicted octanol–water partition coefficient (Wildman–Crippen LogP) is 4.23. The van der Waals surface area contributed by atoms with Crippen molar-refractivity contribution >= 4 is 29.2 Å². The van der Waals surface area contributed by atoms with Crippen LogP contribution in [0.1, 0.15) is 19.0 Å². The summed E-state index contributed by atoms with van der Waals surface area (Å²) in [6.45, 7) is 2.25. The van der Waals surface area contributed by atoms with E-state index in [2.05, 4.69) is 16.9 Å². The Balaban J connectivity index is 1.98. The SMILES string of the molecule is CC1CC1Cc1cc(-c2cccc(Cl)c2Cl)nc(N)n1. The summed E-state index contributed by atoms with van der Waals surface area (Å²) in [6.07, 6.45) is 2.20. The number of hydrogen-bond acceptors (Lipinski definition) is 3. The number of anilines is 1. The second-order valence-corrected chi connectivity index (χ2v) is 6.17. The summed E-state index contributed by atoms with van der Waals surface area (Å²) in [5, 5.41) is 1.01. The van der Waals surface area contributed by atoms with Crippen molar-refractivity contribution in [3.8, 4) is 11.3 Å². The Morgan fingerprint density at radius 1 is 1.30 bits per heavy atom. The van der Waals surface area contributed by atoms with Crippen LogP contribution >= 0.6 is 23.2 Å². The fourth-order valence-electron chi connectivity index (χ4n) is 2.41. The molecule has 2 aromatic rings. The molecular formula is C15H15Cl2N3. The van der Waals surface area contributed by atoms with Gasteiger partial charge in [0, 0.05) is 11.3 Å².